The van der Waals surface area contributed by atoms with Crippen molar-refractivity contribution >= 4 is 5.91 Å². The first-order chi connectivity index (χ1) is 6.60. The Bertz CT molecular complexity index is 203. The Hall–Kier alpha value is -0.710. The van der Waals surface area contributed by atoms with Crippen LogP contribution >= 0.6 is 0 Å². The number of amides is 1. The van der Waals surface area contributed by atoms with E-state index in [0.29, 0.717) is 13.0 Å². The maximum atomic E-state index is 11.9. The predicted molar refractivity (Wildman–Crippen MR) is 49.2 cm³/mol. The van der Waals surface area contributed by atoms with E-state index in [0.717, 1.165) is 13.0 Å². The van der Waals surface area contributed by atoms with Crippen molar-refractivity contribution in [3.63, 3.8) is 0 Å². The average molecular weight is 206 g/mol. The molecular weight excluding hydrogens is 190 g/mol. The molecule has 1 atom stereocenters. The molecule has 0 saturated carbocycles. The Morgan fingerprint density at radius 2 is 2.36 bits per heavy atom. The third-order valence-corrected chi connectivity index (χ3v) is 2.82. The summed E-state index contributed by atoms with van der Waals surface area (Å²) >= 11 is 0. The van der Waals surface area contributed by atoms with Crippen molar-refractivity contribution in [2.24, 2.45) is 5.41 Å². The van der Waals surface area contributed by atoms with Crippen molar-refractivity contribution in [1.82, 2.24) is 10.6 Å². The van der Waals surface area contributed by atoms with Crippen molar-refractivity contribution in [2.75, 3.05) is 19.6 Å². The van der Waals surface area contributed by atoms with Gasteiger partial charge in [-0.1, -0.05) is 6.92 Å². The van der Waals surface area contributed by atoms with Gasteiger partial charge in [0.2, 0.25) is 5.91 Å². The number of alkyl halides is 2. The van der Waals surface area contributed by atoms with Gasteiger partial charge in [0.15, 0.2) is 0 Å². The van der Waals surface area contributed by atoms with Crippen molar-refractivity contribution in [1.29, 1.82) is 0 Å². The van der Waals surface area contributed by atoms with Crippen LogP contribution in [-0.2, 0) is 4.79 Å². The van der Waals surface area contributed by atoms with E-state index in [1.165, 1.54) is 0 Å². The van der Waals surface area contributed by atoms with E-state index in [1.54, 1.807) is 0 Å². The number of hydrogen-bond donors (Lipinski definition) is 2. The largest absolute Gasteiger partial charge is 0.350 e. The SMILES string of the molecule is CCC1(C(=O)NCC(F)F)CCNC1. The van der Waals surface area contributed by atoms with E-state index < -0.39 is 18.4 Å². The fourth-order valence-electron chi connectivity index (χ4n) is 1.76. The number of carbonyl (C=O) groups excluding carboxylic acids is 1. The molecule has 0 aromatic rings. The lowest BCUT2D eigenvalue weighted by atomic mass is 9.83. The molecule has 1 heterocycles. The smallest absolute Gasteiger partial charge is 0.255 e. The molecule has 1 fully saturated rings. The highest BCUT2D eigenvalue weighted by Crippen LogP contribution is 2.29. The summed E-state index contributed by atoms with van der Waals surface area (Å²) in [6.07, 6.45) is -1.05. The molecule has 0 aliphatic carbocycles. The molecule has 1 rings (SSSR count). The summed E-state index contributed by atoms with van der Waals surface area (Å²) < 4.78 is 23.8. The first kappa shape index (κ1) is 11.4. The minimum Gasteiger partial charge on any atom is -0.350 e. The van der Waals surface area contributed by atoms with E-state index in [4.69, 9.17) is 0 Å². The molecule has 0 bridgehead atoms. The first-order valence-electron chi connectivity index (χ1n) is 4.88. The van der Waals surface area contributed by atoms with Gasteiger partial charge in [0, 0.05) is 6.54 Å². The summed E-state index contributed by atoms with van der Waals surface area (Å²) in [5.74, 6) is -0.245. The highest BCUT2D eigenvalue weighted by Gasteiger charge is 2.39. The molecule has 1 aliphatic rings. The average Bonchev–Trinajstić information content (AvgIpc) is 2.63. The van der Waals surface area contributed by atoms with E-state index in [9.17, 15) is 13.6 Å². The van der Waals surface area contributed by atoms with Gasteiger partial charge in [-0.2, -0.15) is 0 Å². The highest BCUT2D eigenvalue weighted by atomic mass is 19.3. The summed E-state index contributed by atoms with van der Waals surface area (Å²) in [5.41, 5.74) is -0.463. The maximum Gasteiger partial charge on any atom is 0.255 e. The molecule has 3 nitrogen and oxygen atoms in total. The van der Waals surface area contributed by atoms with Gasteiger partial charge in [-0.3, -0.25) is 4.79 Å². The Morgan fingerprint density at radius 3 is 2.79 bits per heavy atom. The lowest BCUT2D eigenvalue weighted by Crippen LogP contribution is -2.43. The maximum absolute atomic E-state index is 11.9. The van der Waals surface area contributed by atoms with Gasteiger partial charge >= 0.3 is 0 Å². The summed E-state index contributed by atoms with van der Waals surface area (Å²) in [6.45, 7) is 2.75. The molecule has 1 aliphatic heterocycles. The van der Waals surface area contributed by atoms with Crippen LogP contribution in [0.5, 0.6) is 0 Å². The number of carbonyl (C=O) groups is 1. The van der Waals surface area contributed by atoms with Gasteiger partial charge in [0.1, 0.15) is 0 Å². The van der Waals surface area contributed by atoms with Crippen LogP contribution in [-0.4, -0.2) is 32.0 Å². The third kappa shape index (κ3) is 2.41. The zero-order chi connectivity index (χ0) is 10.6. The molecule has 0 spiro atoms. The summed E-state index contributed by atoms with van der Waals surface area (Å²) in [6, 6.07) is 0. The van der Waals surface area contributed by atoms with Crippen molar-refractivity contribution in [2.45, 2.75) is 26.2 Å². The zero-order valence-electron chi connectivity index (χ0n) is 8.28. The number of rotatable bonds is 4. The van der Waals surface area contributed by atoms with Crippen LogP contribution in [0.15, 0.2) is 0 Å². The Morgan fingerprint density at radius 1 is 1.64 bits per heavy atom. The normalized spacial score (nSPS) is 26.9. The second kappa shape index (κ2) is 4.68. The minimum absolute atomic E-state index is 0.245. The third-order valence-electron chi connectivity index (χ3n) is 2.82. The lowest BCUT2D eigenvalue weighted by Gasteiger charge is -2.24. The predicted octanol–water partition coefficient (Wildman–Crippen LogP) is 0.757. The van der Waals surface area contributed by atoms with Crippen LogP contribution in [0, 0.1) is 5.41 Å². The number of nitrogens with one attached hydrogen (secondary N) is 2. The molecule has 1 amide bonds. The Labute approximate surface area is 82.2 Å². The van der Waals surface area contributed by atoms with E-state index in [-0.39, 0.29) is 5.91 Å². The Kier molecular flexibility index (Phi) is 3.80. The molecule has 1 saturated heterocycles. The lowest BCUT2D eigenvalue weighted by molar-refractivity contribution is -0.130. The van der Waals surface area contributed by atoms with E-state index in [1.807, 2.05) is 6.92 Å². The van der Waals surface area contributed by atoms with Crippen molar-refractivity contribution in [3.05, 3.63) is 0 Å². The summed E-state index contributed by atoms with van der Waals surface area (Å²) in [7, 11) is 0. The molecule has 0 aromatic carbocycles. The van der Waals surface area contributed by atoms with Gasteiger partial charge in [0.05, 0.1) is 12.0 Å². The van der Waals surface area contributed by atoms with E-state index >= 15 is 0 Å². The standard InChI is InChI=1S/C9H16F2N2O/c1-2-9(3-4-12-6-9)8(14)13-5-7(10)11/h7,12H,2-6H2,1H3,(H,13,14). The van der Waals surface area contributed by atoms with Gasteiger partial charge in [-0.25, -0.2) is 8.78 Å². The summed E-state index contributed by atoms with van der Waals surface area (Å²) in [4.78, 5) is 11.6. The van der Waals surface area contributed by atoms with Gasteiger partial charge in [-0.05, 0) is 19.4 Å². The summed E-state index contributed by atoms with van der Waals surface area (Å²) in [5, 5.41) is 5.37. The second-order valence-electron chi connectivity index (χ2n) is 3.66. The van der Waals surface area contributed by atoms with Gasteiger partial charge in [0.25, 0.3) is 6.43 Å². The fraction of sp³-hybridized carbons (Fsp3) is 0.889. The zero-order valence-corrected chi connectivity index (χ0v) is 8.28. The fourth-order valence-corrected chi connectivity index (χ4v) is 1.76. The van der Waals surface area contributed by atoms with Crippen LogP contribution in [0.3, 0.4) is 0 Å². The van der Waals surface area contributed by atoms with Crippen molar-refractivity contribution in [3.8, 4) is 0 Å². The van der Waals surface area contributed by atoms with Gasteiger partial charge in [-0.15, -0.1) is 0 Å². The first-order valence-corrected chi connectivity index (χ1v) is 4.88. The van der Waals surface area contributed by atoms with Gasteiger partial charge < -0.3 is 10.6 Å². The topological polar surface area (TPSA) is 41.1 Å². The molecule has 5 heteroatoms. The Balaban J connectivity index is 2.48. The minimum atomic E-state index is -2.47. The van der Waals surface area contributed by atoms with Crippen LogP contribution in [0.2, 0.25) is 0 Å². The van der Waals surface area contributed by atoms with Crippen LogP contribution in [0.1, 0.15) is 19.8 Å². The molecule has 14 heavy (non-hydrogen) atoms. The highest BCUT2D eigenvalue weighted by molar-refractivity contribution is 5.83. The quantitative estimate of drug-likeness (QED) is 0.713. The second-order valence-corrected chi connectivity index (χ2v) is 3.66. The molecule has 82 valence electrons. The molecule has 0 aromatic heterocycles. The monoisotopic (exact) mass is 206 g/mol. The van der Waals surface area contributed by atoms with Crippen LogP contribution in [0.4, 0.5) is 8.78 Å². The number of halogens is 2. The molecule has 1 unspecified atom stereocenters. The number of hydrogen-bond acceptors (Lipinski definition) is 2. The van der Waals surface area contributed by atoms with Crippen molar-refractivity contribution < 1.29 is 13.6 Å². The van der Waals surface area contributed by atoms with Crippen LogP contribution < -0.4 is 10.6 Å². The molecular formula is C9H16F2N2O. The molecule has 2 N–H and O–H groups in total. The van der Waals surface area contributed by atoms with Crippen LogP contribution in [0.25, 0.3) is 0 Å². The van der Waals surface area contributed by atoms with E-state index in [2.05, 4.69) is 10.6 Å². The molecule has 0 radical (unpaired) electrons.